The Morgan fingerprint density at radius 1 is 1.20 bits per heavy atom. The van der Waals surface area contributed by atoms with Crippen LogP contribution in [-0.4, -0.2) is 57.5 Å². The maximum absolute atomic E-state index is 11.5. The van der Waals surface area contributed by atoms with Gasteiger partial charge in [-0.25, -0.2) is 8.42 Å². The fraction of sp³-hybridized carbons (Fsp3) is 0.571. The molecular formula is C14H23N3O2S. The topological polar surface area (TPSA) is 66.6 Å². The summed E-state index contributed by atoms with van der Waals surface area (Å²) in [7, 11) is -2.86. The molecule has 1 heterocycles. The Morgan fingerprint density at radius 3 is 2.50 bits per heavy atom. The first-order chi connectivity index (χ1) is 9.50. The molecule has 0 radical (unpaired) electrons. The molecule has 20 heavy (non-hydrogen) atoms. The van der Waals surface area contributed by atoms with Crippen molar-refractivity contribution in [3.05, 3.63) is 24.3 Å². The molecular weight excluding hydrogens is 274 g/mol. The van der Waals surface area contributed by atoms with E-state index in [-0.39, 0.29) is 11.5 Å². The Labute approximate surface area is 121 Å². The van der Waals surface area contributed by atoms with Gasteiger partial charge in [0, 0.05) is 49.9 Å². The van der Waals surface area contributed by atoms with Gasteiger partial charge in [0.05, 0.1) is 5.75 Å². The number of nitrogens with two attached hydrogens (primary N) is 1. The summed E-state index contributed by atoms with van der Waals surface area (Å²) in [5.41, 5.74) is 7.72. The largest absolute Gasteiger partial charge is 0.399 e. The molecule has 1 aliphatic rings. The highest BCUT2D eigenvalue weighted by Crippen LogP contribution is 2.19. The molecule has 0 spiro atoms. The zero-order valence-corrected chi connectivity index (χ0v) is 12.8. The van der Waals surface area contributed by atoms with Gasteiger partial charge in [-0.05, 0) is 18.2 Å². The Balaban J connectivity index is 1.84. The number of anilines is 2. The van der Waals surface area contributed by atoms with Crippen LogP contribution >= 0.6 is 0 Å². The van der Waals surface area contributed by atoms with E-state index in [4.69, 9.17) is 5.73 Å². The molecule has 1 fully saturated rings. The normalized spacial score (nSPS) is 17.4. The van der Waals surface area contributed by atoms with Crippen LogP contribution in [0.1, 0.15) is 6.92 Å². The van der Waals surface area contributed by atoms with Gasteiger partial charge >= 0.3 is 0 Å². The van der Waals surface area contributed by atoms with Crippen LogP contribution in [0, 0.1) is 0 Å². The molecule has 1 aromatic carbocycles. The van der Waals surface area contributed by atoms with Crippen LogP contribution in [0.25, 0.3) is 0 Å². The minimum Gasteiger partial charge on any atom is -0.399 e. The first-order valence-electron chi connectivity index (χ1n) is 7.03. The van der Waals surface area contributed by atoms with E-state index >= 15 is 0 Å². The highest BCUT2D eigenvalue weighted by Gasteiger charge is 2.18. The van der Waals surface area contributed by atoms with Gasteiger partial charge < -0.3 is 10.6 Å². The van der Waals surface area contributed by atoms with Crippen LogP contribution in [-0.2, 0) is 9.84 Å². The molecule has 0 saturated carbocycles. The third-order valence-electron chi connectivity index (χ3n) is 3.77. The number of nitrogens with zero attached hydrogens (tertiary/aromatic N) is 2. The third-order valence-corrected chi connectivity index (χ3v) is 5.45. The van der Waals surface area contributed by atoms with Crippen molar-refractivity contribution in [1.29, 1.82) is 0 Å². The summed E-state index contributed by atoms with van der Waals surface area (Å²) in [6, 6.07) is 7.89. The second kappa shape index (κ2) is 6.45. The van der Waals surface area contributed by atoms with Gasteiger partial charge in [0.15, 0.2) is 9.84 Å². The van der Waals surface area contributed by atoms with E-state index in [9.17, 15) is 8.42 Å². The molecule has 0 atom stereocenters. The molecule has 1 aromatic rings. The molecule has 2 rings (SSSR count). The van der Waals surface area contributed by atoms with Gasteiger partial charge in [0.1, 0.15) is 0 Å². The molecule has 0 amide bonds. The second-order valence-corrected chi connectivity index (χ2v) is 7.63. The Hall–Kier alpha value is -1.27. The van der Waals surface area contributed by atoms with E-state index < -0.39 is 9.84 Å². The summed E-state index contributed by atoms with van der Waals surface area (Å²) in [4.78, 5) is 4.51. The molecule has 0 aliphatic carbocycles. The molecule has 0 bridgehead atoms. The summed E-state index contributed by atoms with van der Waals surface area (Å²) >= 11 is 0. The Morgan fingerprint density at radius 2 is 1.90 bits per heavy atom. The number of hydrogen-bond donors (Lipinski definition) is 1. The van der Waals surface area contributed by atoms with Crippen LogP contribution in [0.5, 0.6) is 0 Å². The lowest BCUT2D eigenvalue weighted by Gasteiger charge is -2.36. The van der Waals surface area contributed by atoms with E-state index in [2.05, 4.69) is 15.9 Å². The number of hydrogen-bond acceptors (Lipinski definition) is 5. The SMILES string of the molecule is CCS(=O)(=O)CCN1CCN(c2cccc(N)c2)CC1. The minimum atomic E-state index is -2.86. The fourth-order valence-electron chi connectivity index (χ4n) is 2.36. The summed E-state index contributed by atoms with van der Waals surface area (Å²) in [5, 5.41) is 0. The van der Waals surface area contributed by atoms with Crippen molar-refractivity contribution >= 4 is 21.2 Å². The lowest BCUT2D eigenvalue weighted by atomic mass is 10.2. The molecule has 1 aliphatic heterocycles. The average molecular weight is 297 g/mol. The van der Waals surface area contributed by atoms with Gasteiger partial charge in [-0.15, -0.1) is 0 Å². The first-order valence-corrected chi connectivity index (χ1v) is 8.85. The van der Waals surface area contributed by atoms with Crippen molar-refractivity contribution in [2.45, 2.75) is 6.92 Å². The predicted octanol–water partition coefficient (Wildman–Crippen LogP) is 0.826. The highest BCUT2D eigenvalue weighted by molar-refractivity contribution is 7.91. The molecule has 1 saturated heterocycles. The van der Waals surface area contributed by atoms with Crippen LogP contribution in [0.3, 0.4) is 0 Å². The number of sulfone groups is 1. The van der Waals surface area contributed by atoms with E-state index in [0.29, 0.717) is 6.54 Å². The van der Waals surface area contributed by atoms with Gasteiger partial charge in [-0.1, -0.05) is 13.0 Å². The third kappa shape index (κ3) is 4.11. The summed E-state index contributed by atoms with van der Waals surface area (Å²) < 4.78 is 23.0. The predicted molar refractivity (Wildman–Crippen MR) is 83.8 cm³/mol. The fourth-order valence-corrected chi connectivity index (χ4v) is 3.19. The molecule has 2 N–H and O–H groups in total. The van der Waals surface area contributed by atoms with Crippen LogP contribution in [0.4, 0.5) is 11.4 Å². The van der Waals surface area contributed by atoms with Crippen molar-refractivity contribution in [2.75, 3.05) is 54.9 Å². The number of benzene rings is 1. The lowest BCUT2D eigenvalue weighted by Crippen LogP contribution is -2.47. The average Bonchev–Trinajstić information content (AvgIpc) is 2.46. The van der Waals surface area contributed by atoms with Gasteiger partial charge in [0.2, 0.25) is 0 Å². The molecule has 5 nitrogen and oxygen atoms in total. The lowest BCUT2D eigenvalue weighted by molar-refractivity contribution is 0.272. The summed E-state index contributed by atoms with van der Waals surface area (Å²) in [5.74, 6) is 0.498. The Bertz CT molecular complexity index is 537. The maximum Gasteiger partial charge on any atom is 0.151 e. The number of piperazine rings is 1. The van der Waals surface area contributed by atoms with Crippen molar-refractivity contribution in [3.63, 3.8) is 0 Å². The Kier molecular flexibility index (Phi) is 4.88. The highest BCUT2D eigenvalue weighted by atomic mass is 32.2. The standard InChI is InChI=1S/C14H23N3O2S/c1-2-20(18,19)11-10-16-6-8-17(9-7-16)14-5-3-4-13(15)12-14/h3-5,12H,2,6-11,15H2,1H3. The maximum atomic E-state index is 11.5. The van der Waals surface area contributed by atoms with Crippen LogP contribution in [0.15, 0.2) is 24.3 Å². The molecule has 6 heteroatoms. The number of rotatable bonds is 5. The van der Waals surface area contributed by atoms with Crippen LogP contribution in [0.2, 0.25) is 0 Å². The summed E-state index contributed by atoms with van der Waals surface area (Å²) in [6.45, 7) is 5.96. The monoisotopic (exact) mass is 297 g/mol. The van der Waals surface area contributed by atoms with Crippen molar-refractivity contribution < 1.29 is 8.42 Å². The molecule has 112 valence electrons. The smallest absolute Gasteiger partial charge is 0.151 e. The van der Waals surface area contributed by atoms with E-state index in [1.807, 2.05) is 18.2 Å². The van der Waals surface area contributed by atoms with Gasteiger partial charge in [0.25, 0.3) is 0 Å². The van der Waals surface area contributed by atoms with Crippen molar-refractivity contribution in [1.82, 2.24) is 4.90 Å². The van der Waals surface area contributed by atoms with Gasteiger partial charge in [-0.2, -0.15) is 0 Å². The zero-order chi connectivity index (χ0) is 14.6. The number of nitrogen functional groups attached to an aromatic ring is 1. The second-order valence-electron chi connectivity index (χ2n) is 5.16. The first kappa shape index (κ1) is 15.1. The van der Waals surface area contributed by atoms with Crippen molar-refractivity contribution in [2.24, 2.45) is 0 Å². The molecule has 0 unspecified atom stereocenters. The minimum absolute atomic E-state index is 0.232. The van der Waals surface area contributed by atoms with E-state index in [0.717, 1.165) is 37.6 Å². The van der Waals surface area contributed by atoms with Crippen molar-refractivity contribution in [3.8, 4) is 0 Å². The van der Waals surface area contributed by atoms with Crippen LogP contribution < -0.4 is 10.6 Å². The zero-order valence-electron chi connectivity index (χ0n) is 12.0. The van der Waals surface area contributed by atoms with E-state index in [1.54, 1.807) is 6.92 Å². The summed E-state index contributed by atoms with van der Waals surface area (Å²) in [6.07, 6.45) is 0. The van der Waals surface area contributed by atoms with E-state index in [1.165, 1.54) is 0 Å². The molecule has 0 aromatic heterocycles. The quantitative estimate of drug-likeness (QED) is 0.815. The van der Waals surface area contributed by atoms with Gasteiger partial charge in [-0.3, -0.25) is 4.90 Å².